The van der Waals surface area contributed by atoms with E-state index in [9.17, 15) is 0 Å². The minimum Gasteiger partial charge on any atom is -0.458 e. The highest BCUT2D eigenvalue weighted by atomic mass is 32.1. The number of aryl methyl sites for hydroxylation is 3. The largest absolute Gasteiger partial charge is 0.458 e. The van der Waals surface area contributed by atoms with Crippen LogP contribution in [0.25, 0.3) is 60.5 Å². The molecule has 0 saturated heterocycles. The van der Waals surface area contributed by atoms with Gasteiger partial charge in [0.05, 0.1) is 0 Å². The smallest absolute Gasteiger partial charge is 0.270 e. The summed E-state index contributed by atoms with van der Waals surface area (Å²) in [7, 11) is 0. The molecule has 7 nitrogen and oxygen atoms in total. The summed E-state index contributed by atoms with van der Waals surface area (Å²) in [6.45, 7) is 44.7. The molecule has 0 amide bonds. The Kier molecular flexibility index (Phi) is 20.7. The summed E-state index contributed by atoms with van der Waals surface area (Å²) in [5, 5.41) is 7.42. The molecule has 18 aromatic rings. The zero-order valence-corrected chi connectivity index (χ0v) is 82.3. The average Bonchev–Trinajstić information content (AvgIpc) is 1.51. The Morgan fingerprint density at radius 1 is 0.241 bits per heavy atom. The van der Waals surface area contributed by atoms with Gasteiger partial charge in [-0.1, -0.05) is 315 Å². The van der Waals surface area contributed by atoms with Crippen LogP contribution in [0.5, 0.6) is 80.5 Å². The Morgan fingerprint density at radius 2 is 0.586 bits per heavy atom. The van der Waals surface area contributed by atoms with Crippen LogP contribution in [0.2, 0.25) is 0 Å². The van der Waals surface area contributed by atoms with Gasteiger partial charge in [0.1, 0.15) is 80.5 Å². The lowest BCUT2D eigenvalue weighted by Crippen LogP contribution is -2.59. The summed E-state index contributed by atoms with van der Waals surface area (Å²) < 4.78 is 101. The van der Waals surface area contributed by atoms with E-state index in [4.69, 9.17) is 41.4 Å². The Bertz CT molecular complexity index is 7660. The molecule has 25 rings (SSSR count). The number of hydrogen-bond acceptors (Lipinski definition) is 10. The van der Waals surface area contributed by atoms with E-state index in [1.807, 2.05) is 84.9 Å². The molecule has 0 atom stereocenters. The summed E-state index contributed by atoms with van der Waals surface area (Å²) in [5.74, 6) is 12.7. The molecule has 0 radical (unpaired) electrons. The zero-order chi connectivity index (χ0) is 98.2. The molecule has 133 heavy (non-hydrogen) atoms. The minimum absolute atomic E-state index is 0.00182. The third-order valence-corrected chi connectivity index (χ3v) is 30.2. The number of ether oxygens (including phenoxy) is 7. The van der Waals surface area contributed by atoms with Gasteiger partial charge >= 0.3 is 0 Å². The number of hydrogen-bond donors (Lipinski definition) is 0. The van der Waals surface area contributed by atoms with Crippen molar-refractivity contribution in [1.29, 1.82) is 0 Å². The molecular weight excluding hydrogens is 1680 g/mol. The van der Waals surface area contributed by atoms with Crippen molar-refractivity contribution in [2.75, 3.05) is 0 Å². The monoisotopic (exact) mass is 1800 g/mol. The molecule has 15 aromatic carbocycles. The molecule has 0 N–H and O–H groups in total. The van der Waals surface area contributed by atoms with Crippen LogP contribution in [-0.2, 0) is 51.6 Å². The highest BCUT2D eigenvalue weighted by Gasteiger charge is 2.48. The Balaban J connectivity index is 0.000000103. The van der Waals surface area contributed by atoms with Crippen LogP contribution in [0.1, 0.15) is 204 Å². The fourth-order valence-electron chi connectivity index (χ4n) is 20.1. The van der Waals surface area contributed by atoms with Crippen LogP contribution in [0.15, 0.2) is 279 Å². The van der Waals surface area contributed by atoms with Crippen molar-refractivity contribution in [2.24, 2.45) is 0 Å². The van der Waals surface area contributed by atoms with E-state index < -0.39 is 19.1 Å². The molecule has 13 heteroatoms. The topological polar surface area (TPSA) is 64.6 Å². The lowest BCUT2D eigenvalue weighted by Gasteiger charge is -2.38. The first-order valence-corrected chi connectivity index (χ1v) is 48.9. The predicted octanol–water partition coefficient (Wildman–Crippen LogP) is 29.0. The van der Waals surface area contributed by atoms with Gasteiger partial charge in [-0.2, -0.15) is 0 Å². The first-order valence-electron chi connectivity index (χ1n) is 49.4. The summed E-state index contributed by atoms with van der Waals surface area (Å²) in [4.78, 5) is 0. The van der Waals surface area contributed by atoms with Gasteiger partial charge in [0.2, 0.25) is 0 Å². The van der Waals surface area contributed by atoms with Gasteiger partial charge < -0.3 is 33.2 Å². The van der Waals surface area contributed by atoms with Crippen LogP contribution >= 0.6 is 34.0 Å². The van der Waals surface area contributed by atoms with Gasteiger partial charge in [-0.05, 0) is 233 Å². The standard InChI is InChI=1S/C22H17BO3.2C22H19BO2.3C18H20S/c1-22(2,3)12-10-17-21-18(11-12)26-16-9-5-7-14-20(16)23(21)19-13(24-14)6-4-8-15(19)25-17;1-22(2,3)14-12-19-21-20(13-14)25-18-11-7-5-9-16(18)23(21)15-8-4-6-10-17(15)24-19;1-22(2,3)14-12-13-19-20-21(14)25-18-11-7-5-9-16(18)23(20)15-8-4-6-10-17(15)24-19;1-5-12-10-17-14(11-15(12)18(2,3)4)13-8-6-7-9-16(13)19-17;1-5-12-15(18(2,3)4)11-10-14-13-8-6-7-9-16(13)19-17(12)14;1-5-12-10-11-14-13-8-6-7-9-15(13)19-17(14)16(12)18(2,3)4/h4-11H,1-3H3;2*4-13H,1-3H3;3*6-11H,5H2,1-4H3/i;;;3*5D2. The van der Waals surface area contributed by atoms with Gasteiger partial charge in [-0.3, -0.25) is 0 Å². The van der Waals surface area contributed by atoms with Crippen molar-refractivity contribution >= 4 is 164 Å². The first kappa shape index (κ1) is 81.5. The van der Waals surface area contributed by atoms with E-state index in [1.54, 1.807) is 54.8 Å². The lowest BCUT2D eigenvalue weighted by molar-refractivity contribution is 0.439. The van der Waals surface area contributed by atoms with Crippen LogP contribution in [-0.4, -0.2) is 20.1 Å². The van der Waals surface area contributed by atoms with Crippen molar-refractivity contribution in [2.45, 2.75) is 197 Å². The molecule has 0 spiro atoms. The van der Waals surface area contributed by atoms with Gasteiger partial charge in [-0.25, -0.2) is 0 Å². The maximum absolute atomic E-state index is 8.32. The molecule has 0 saturated carbocycles. The van der Waals surface area contributed by atoms with Crippen LogP contribution in [0.3, 0.4) is 0 Å². The average molecular weight is 1800 g/mol. The second kappa shape index (κ2) is 33.7. The number of benzene rings is 15. The van der Waals surface area contributed by atoms with E-state index in [0.717, 1.165) is 146 Å². The van der Waals surface area contributed by atoms with E-state index >= 15 is 0 Å². The first-order chi connectivity index (χ1) is 65.6. The zero-order valence-electron chi connectivity index (χ0n) is 85.9. The summed E-state index contributed by atoms with van der Waals surface area (Å²) >= 11 is 5.23. The third kappa shape index (κ3) is 16.0. The molecule has 7 aliphatic heterocycles. The molecule has 0 unspecified atom stereocenters. The Hall–Kier alpha value is -12.2. The minimum atomic E-state index is -1.34. The summed E-state index contributed by atoms with van der Waals surface area (Å²) in [5.41, 5.74) is 19.7. The second-order valence-corrected chi connectivity index (χ2v) is 45.0. The summed E-state index contributed by atoms with van der Waals surface area (Å²) in [6.07, 6.45) is -4.00. The number of thiophene rings is 3. The van der Waals surface area contributed by atoms with Gasteiger partial charge in [0.25, 0.3) is 20.1 Å². The SMILES string of the molecule is CC(C)(C)c1cc2c3c(c1)Oc1cccc4c1B3c1c(cccc1O2)O4.CC(C)(C)c1cc2c3c(c1)Oc1ccccc1B3c1ccccc1O2.CC(C)(C)c1ccc2c3c1Oc1ccccc1B3c1ccccc1O2.[2H]C([2H])(C)c1c(C(C)(C)C)ccc2c1sc1ccccc12.[2H]C([2H])(C)c1cc2sc3ccccc3c2cc1C(C)(C)C.[2H]C([2H])(C)c1ccc2c(sc3ccccc32)c1C(C)(C)C. The number of rotatable bonds is 3. The molecule has 3 aromatic heterocycles. The quantitative estimate of drug-likeness (QED) is 0.163. The summed E-state index contributed by atoms with van der Waals surface area (Å²) in [6, 6.07) is 96.1. The van der Waals surface area contributed by atoms with Crippen molar-refractivity contribution in [3.05, 3.63) is 329 Å². The van der Waals surface area contributed by atoms with Crippen LogP contribution < -0.4 is 82.3 Å². The van der Waals surface area contributed by atoms with Gasteiger partial charge in [0, 0.05) is 96.1 Å². The van der Waals surface area contributed by atoms with E-state index in [0.29, 0.717) is 0 Å². The van der Waals surface area contributed by atoms with Crippen molar-refractivity contribution < 1.29 is 41.4 Å². The lowest BCUT2D eigenvalue weighted by atomic mass is 9.34. The molecular formula is C120H115B3O7S3. The van der Waals surface area contributed by atoms with Crippen molar-refractivity contribution in [1.82, 2.24) is 0 Å². The number of fused-ring (bicyclic) bond motifs is 17. The van der Waals surface area contributed by atoms with Crippen LogP contribution in [0, 0.1) is 0 Å². The number of para-hydroxylation sites is 4. The molecule has 0 bridgehead atoms. The maximum Gasteiger partial charge on any atom is 0.270 e. The van der Waals surface area contributed by atoms with Gasteiger partial charge in [-0.15, -0.1) is 34.0 Å². The van der Waals surface area contributed by atoms with Crippen LogP contribution in [0.4, 0.5) is 0 Å². The highest BCUT2D eigenvalue weighted by molar-refractivity contribution is 7.27. The fraction of sp³-hybridized carbons (Fsp3) is 0.250. The maximum atomic E-state index is 8.32. The molecule has 10 heterocycles. The molecule has 664 valence electrons. The highest BCUT2D eigenvalue weighted by Crippen LogP contribution is 2.49. The third-order valence-electron chi connectivity index (χ3n) is 26.6. The fourth-order valence-corrected chi connectivity index (χ4v) is 23.9. The van der Waals surface area contributed by atoms with E-state index in [1.165, 1.54) is 94.4 Å². The molecule has 0 aliphatic carbocycles. The van der Waals surface area contributed by atoms with Crippen molar-refractivity contribution in [3.8, 4) is 80.5 Å². The molecule has 7 aliphatic rings. The van der Waals surface area contributed by atoms with Crippen molar-refractivity contribution in [3.63, 3.8) is 0 Å². The normalized spacial score (nSPS) is 14.5. The second-order valence-electron chi connectivity index (χ2n) is 41.8. The Labute approximate surface area is 806 Å². The van der Waals surface area contributed by atoms with E-state index in [2.05, 4.69) is 319 Å². The Morgan fingerprint density at radius 3 is 1.03 bits per heavy atom. The van der Waals surface area contributed by atoms with Gasteiger partial charge in [0.15, 0.2) is 0 Å². The predicted molar refractivity (Wildman–Crippen MR) is 571 cm³/mol. The molecule has 0 fully saturated rings. The van der Waals surface area contributed by atoms with E-state index in [-0.39, 0.29) is 52.6 Å².